The minimum Gasteiger partial charge on any atom is -0.497 e. The van der Waals surface area contributed by atoms with Crippen LogP contribution in [0.25, 0.3) is 11.3 Å². The summed E-state index contributed by atoms with van der Waals surface area (Å²) in [6.07, 6.45) is 0. The zero-order valence-electron chi connectivity index (χ0n) is 10.5. The first-order valence-corrected chi connectivity index (χ1v) is 5.65. The van der Waals surface area contributed by atoms with Crippen molar-refractivity contribution in [2.75, 3.05) is 7.11 Å². The summed E-state index contributed by atoms with van der Waals surface area (Å²) >= 11 is 0. The summed E-state index contributed by atoms with van der Waals surface area (Å²) in [6, 6.07) is 6.67. The van der Waals surface area contributed by atoms with Gasteiger partial charge in [-0.2, -0.15) is 5.10 Å². The normalized spacial score (nSPS) is 10.3. The number of aliphatic carboxylic acids is 1. The minimum atomic E-state index is -1.20. The fourth-order valence-corrected chi connectivity index (χ4v) is 1.66. The number of rotatable bonds is 4. The van der Waals surface area contributed by atoms with Crippen molar-refractivity contribution in [3.8, 4) is 17.0 Å². The lowest BCUT2D eigenvalue weighted by molar-refractivity contribution is -0.138. The van der Waals surface area contributed by atoms with E-state index in [4.69, 9.17) is 9.84 Å². The van der Waals surface area contributed by atoms with Gasteiger partial charge in [0.15, 0.2) is 0 Å². The molecule has 0 radical (unpaired) electrons. The van der Waals surface area contributed by atoms with Crippen molar-refractivity contribution in [3.63, 3.8) is 0 Å². The van der Waals surface area contributed by atoms with Gasteiger partial charge in [-0.1, -0.05) is 0 Å². The van der Waals surface area contributed by atoms with Gasteiger partial charge in [0, 0.05) is 17.7 Å². The number of aromatic nitrogens is 2. The Morgan fingerprint density at radius 3 is 2.75 bits per heavy atom. The van der Waals surface area contributed by atoms with Gasteiger partial charge in [0.1, 0.15) is 18.1 Å². The topological polar surface area (TPSA) is 81.4 Å². The number of hydrogen-bond donors (Lipinski definition) is 1. The molecule has 0 saturated heterocycles. The van der Waals surface area contributed by atoms with Crippen molar-refractivity contribution in [3.05, 3.63) is 46.5 Å². The second kappa shape index (κ2) is 5.52. The van der Waals surface area contributed by atoms with E-state index in [2.05, 4.69) is 5.10 Å². The lowest BCUT2D eigenvalue weighted by atomic mass is 10.1. The van der Waals surface area contributed by atoms with Gasteiger partial charge in [-0.3, -0.25) is 9.59 Å². The summed E-state index contributed by atoms with van der Waals surface area (Å²) < 4.78 is 19.5. The van der Waals surface area contributed by atoms with Gasteiger partial charge in [0.05, 0.1) is 12.8 Å². The summed E-state index contributed by atoms with van der Waals surface area (Å²) in [7, 11) is 1.42. The molecule has 0 saturated carbocycles. The van der Waals surface area contributed by atoms with E-state index in [1.807, 2.05) is 0 Å². The molecule has 0 aliphatic carbocycles. The van der Waals surface area contributed by atoms with Crippen LogP contribution in [0.3, 0.4) is 0 Å². The number of methoxy groups -OCH3 is 1. The largest absolute Gasteiger partial charge is 0.497 e. The van der Waals surface area contributed by atoms with Gasteiger partial charge < -0.3 is 9.84 Å². The zero-order valence-corrected chi connectivity index (χ0v) is 10.5. The third-order valence-electron chi connectivity index (χ3n) is 2.60. The Balaban J connectivity index is 2.48. The van der Waals surface area contributed by atoms with E-state index >= 15 is 0 Å². The van der Waals surface area contributed by atoms with Crippen LogP contribution in [0.4, 0.5) is 4.39 Å². The Hall–Kier alpha value is -2.70. The third-order valence-corrected chi connectivity index (χ3v) is 2.60. The first-order chi connectivity index (χ1) is 9.51. The monoisotopic (exact) mass is 278 g/mol. The molecule has 2 aromatic rings. The van der Waals surface area contributed by atoms with Crippen LogP contribution < -0.4 is 10.3 Å². The number of carbonyl (C=O) groups is 1. The quantitative estimate of drug-likeness (QED) is 0.907. The molecule has 1 aromatic carbocycles. The molecule has 1 N–H and O–H groups in total. The molecule has 2 rings (SSSR count). The molecule has 0 aliphatic rings. The van der Waals surface area contributed by atoms with Crippen LogP contribution in [0.1, 0.15) is 0 Å². The molecule has 0 fully saturated rings. The average molecular weight is 278 g/mol. The molecule has 0 bridgehead atoms. The molecular weight excluding hydrogens is 267 g/mol. The molecule has 7 heteroatoms. The fourth-order valence-electron chi connectivity index (χ4n) is 1.66. The molecule has 1 heterocycles. The highest BCUT2D eigenvalue weighted by Crippen LogP contribution is 2.23. The van der Waals surface area contributed by atoms with Gasteiger partial charge >= 0.3 is 5.97 Å². The maximum absolute atomic E-state index is 13.9. The summed E-state index contributed by atoms with van der Waals surface area (Å²) in [5.41, 5.74) is -0.235. The van der Waals surface area contributed by atoms with Crippen LogP contribution in [0.15, 0.2) is 35.1 Å². The van der Waals surface area contributed by atoms with E-state index in [0.29, 0.717) is 5.75 Å². The fraction of sp³-hybridized carbons (Fsp3) is 0.154. The Morgan fingerprint density at radius 1 is 1.40 bits per heavy atom. The predicted octanol–water partition coefficient (Wildman–Crippen LogP) is 1.14. The molecule has 0 spiro atoms. The number of halogens is 1. The lowest BCUT2D eigenvalue weighted by Crippen LogP contribution is -2.26. The maximum Gasteiger partial charge on any atom is 0.325 e. The number of nitrogens with zero attached hydrogens (tertiary/aromatic N) is 2. The Labute approximate surface area is 113 Å². The van der Waals surface area contributed by atoms with E-state index in [9.17, 15) is 14.0 Å². The zero-order chi connectivity index (χ0) is 14.7. The van der Waals surface area contributed by atoms with Gasteiger partial charge in [-0.25, -0.2) is 9.07 Å². The third kappa shape index (κ3) is 2.82. The van der Waals surface area contributed by atoms with Crippen molar-refractivity contribution >= 4 is 5.97 Å². The second-order valence-electron chi connectivity index (χ2n) is 3.95. The Kier molecular flexibility index (Phi) is 3.79. The Morgan fingerprint density at radius 2 is 2.15 bits per heavy atom. The first-order valence-electron chi connectivity index (χ1n) is 5.65. The Bertz CT molecular complexity index is 712. The number of benzene rings is 1. The molecule has 1 aromatic heterocycles. The standard InChI is InChI=1S/C13H11FN2O4/c1-20-8-2-3-9(10(14)6-8)11-4-5-12(17)16(15-11)7-13(18)19/h2-6H,7H2,1H3,(H,18,19). The van der Waals surface area contributed by atoms with E-state index in [-0.39, 0.29) is 11.3 Å². The van der Waals surface area contributed by atoms with Crippen LogP contribution in [0.5, 0.6) is 5.75 Å². The van der Waals surface area contributed by atoms with Gasteiger partial charge in [-0.15, -0.1) is 0 Å². The van der Waals surface area contributed by atoms with Gasteiger partial charge in [-0.05, 0) is 18.2 Å². The van der Waals surface area contributed by atoms with Gasteiger partial charge in [0.25, 0.3) is 5.56 Å². The SMILES string of the molecule is COc1ccc(-c2ccc(=O)n(CC(=O)O)n2)c(F)c1. The predicted molar refractivity (Wildman–Crippen MR) is 68.1 cm³/mol. The highest BCUT2D eigenvalue weighted by molar-refractivity contribution is 5.66. The summed E-state index contributed by atoms with van der Waals surface area (Å²) in [5.74, 6) is -1.42. The van der Waals surface area contributed by atoms with Crippen molar-refractivity contribution in [1.82, 2.24) is 9.78 Å². The molecule has 0 atom stereocenters. The van der Waals surface area contributed by atoms with Crippen molar-refractivity contribution in [1.29, 1.82) is 0 Å². The lowest BCUT2D eigenvalue weighted by Gasteiger charge is -2.07. The number of carboxylic acids is 1. The van der Waals surface area contributed by atoms with Crippen molar-refractivity contribution in [2.45, 2.75) is 6.54 Å². The number of ether oxygens (including phenoxy) is 1. The highest BCUT2D eigenvalue weighted by atomic mass is 19.1. The van der Waals surface area contributed by atoms with E-state index in [0.717, 1.165) is 10.7 Å². The first kappa shape index (κ1) is 13.7. The molecule has 20 heavy (non-hydrogen) atoms. The van der Waals surface area contributed by atoms with Crippen LogP contribution in [-0.2, 0) is 11.3 Å². The van der Waals surface area contributed by atoms with Crippen LogP contribution in [0, 0.1) is 5.82 Å². The highest BCUT2D eigenvalue weighted by Gasteiger charge is 2.11. The minimum absolute atomic E-state index is 0.157. The second-order valence-corrected chi connectivity index (χ2v) is 3.95. The van der Waals surface area contributed by atoms with Crippen LogP contribution in [-0.4, -0.2) is 28.0 Å². The van der Waals surface area contributed by atoms with Crippen molar-refractivity contribution < 1.29 is 19.0 Å². The number of carboxylic acid groups (broad SMARTS) is 1. The molecule has 0 amide bonds. The van der Waals surface area contributed by atoms with Crippen molar-refractivity contribution in [2.24, 2.45) is 0 Å². The van der Waals surface area contributed by atoms with Crippen LogP contribution in [0.2, 0.25) is 0 Å². The van der Waals surface area contributed by atoms with Gasteiger partial charge in [0.2, 0.25) is 0 Å². The van der Waals surface area contributed by atoms with E-state index < -0.39 is 23.9 Å². The summed E-state index contributed by atoms with van der Waals surface area (Å²) in [5, 5.41) is 12.5. The van der Waals surface area contributed by atoms with Crippen LogP contribution >= 0.6 is 0 Å². The molecular formula is C13H11FN2O4. The molecule has 104 valence electrons. The summed E-state index contributed by atoms with van der Waals surface area (Å²) in [6.45, 7) is -0.579. The average Bonchev–Trinajstić information content (AvgIpc) is 2.41. The van der Waals surface area contributed by atoms with E-state index in [1.165, 1.54) is 25.3 Å². The molecule has 6 nitrogen and oxygen atoms in total. The number of hydrogen-bond acceptors (Lipinski definition) is 4. The van der Waals surface area contributed by atoms with E-state index in [1.54, 1.807) is 6.07 Å². The smallest absolute Gasteiger partial charge is 0.325 e. The maximum atomic E-state index is 13.9. The summed E-state index contributed by atoms with van der Waals surface area (Å²) in [4.78, 5) is 22.1. The molecule has 0 unspecified atom stereocenters. The molecule has 0 aliphatic heterocycles.